The van der Waals surface area contributed by atoms with E-state index in [2.05, 4.69) is 16.0 Å². The largest absolute Gasteiger partial charge is 0.493 e. The summed E-state index contributed by atoms with van der Waals surface area (Å²) in [5.74, 6) is 1.28. The molecule has 0 atom stereocenters. The van der Waals surface area contributed by atoms with Crippen LogP contribution in [0.5, 0.6) is 11.5 Å². The highest BCUT2D eigenvalue weighted by Gasteiger charge is 2.15. The van der Waals surface area contributed by atoms with Crippen molar-refractivity contribution in [3.05, 3.63) is 86.1 Å². The summed E-state index contributed by atoms with van der Waals surface area (Å²) in [5, 5.41) is 11.1. The molecule has 166 valence electrons. The summed E-state index contributed by atoms with van der Waals surface area (Å²) in [5.41, 5.74) is 4.55. The van der Waals surface area contributed by atoms with Gasteiger partial charge in [-0.1, -0.05) is 46.9 Å². The number of ether oxygens (including phenoxy) is 2. The normalized spacial score (nSPS) is 11.5. The summed E-state index contributed by atoms with van der Waals surface area (Å²) in [6, 6.07) is 16.7. The Balaban J connectivity index is 1.64. The Labute approximate surface area is 206 Å². The predicted octanol–water partition coefficient (Wildman–Crippen LogP) is 7.48. The molecule has 0 saturated heterocycles. The maximum atomic E-state index is 9.74. The maximum Gasteiger partial charge on any atom is 0.180 e. The van der Waals surface area contributed by atoms with E-state index in [0.717, 1.165) is 22.2 Å². The lowest BCUT2D eigenvalue weighted by atomic mass is 10.1. The van der Waals surface area contributed by atoms with Crippen molar-refractivity contribution in [2.24, 2.45) is 0 Å². The first-order valence-corrected chi connectivity index (χ1v) is 11.0. The molecule has 0 saturated carbocycles. The zero-order valence-corrected chi connectivity index (χ0v) is 20.0. The third kappa shape index (κ3) is 5.09. The van der Waals surface area contributed by atoms with Crippen molar-refractivity contribution in [2.75, 3.05) is 7.11 Å². The number of nitrogens with zero attached hydrogens (tertiary/aromatic N) is 2. The second-order valence-electron chi connectivity index (χ2n) is 7.33. The molecule has 4 aromatic rings. The summed E-state index contributed by atoms with van der Waals surface area (Å²) in [4.78, 5) is 7.72. The molecular formula is C25H18Cl3N3O2. The number of nitriles is 1. The number of benzene rings is 3. The summed E-state index contributed by atoms with van der Waals surface area (Å²) in [6.07, 6.45) is 1.69. The number of aromatic nitrogens is 2. The molecule has 8 heteroatoms. The molecule has 4 rings (SSSR count). The van der Waals surface area contributed by atoms with Crippen LogP contribution in [-0.2, 0) is 6.61 Å². The molecule has 3 aromatic carbocycles. The van der Waals surface area contributed by atoms with Crippen molar-refractivity contribution in [3.8, 4) is 17.6 Å². The second kappa shape index (κ2) is 9.76. The number of methoxy groups -OCH3 is 1. The molecular weight excluding hydrogens is 481 g/mol. The highest BCUT2D eigenvalue weighted by molar-refractivity contribution is 6.35. The molecule has 1 N–H and O–H groups in total. The van der Waals surface area contributed by atoms with Crippen LogP contribution in [0.15, 0.2) is 48.5 Å². The monoisotopic (exact) mass is 497 g/mol. The molecule has 5 nitrogen and oxygen atoms in total. The topological polar surface area (TPSA) is 70.9 Å². The van der Waals surface area contributed by atoms with Crippen LogP contribution in [0.2, 0.25) is 15.1 Å². The molecule has 0 aliphatic carbocycles. The third-order valence-electron chi connectivity index (χ3n) is 4.96. The van der Waals surface area contributed by atoms with Crippen LogP contribution in [0.3, 0.4) is 0 Å². The standard InChI is InChI=1S/C25H18Cl3N3O2/c1-14-3-6-21-22(7-14)31-25(30-21)17(12-29)8-15-9-20(28)24(23(10-15)32-2)33-13-16-4-5-18(26)11-19(16)27/h3-11H,13H2,1-2H3,(H,30,31). The molecule has 1 aromatic heterocycles. The van der Waals surface area contributed by atoms with Crippen molar-refractivity contribution in [1.82, 2.24) is 9.97 Å². The Morgan fingerprint density at radius 1 is 1.09 bits per heavy atom. The van der Waals surface area contributed by atoms with Gasteiger partial charge >= 0.3 is 0 Å². The van der Waals surface area contributed by atoms with E-state index in [-0.39, 0.29) is 6.61 Å². The zero-order valence-electron chi connectivity index (χ0n) is 17.7. The van der Waals surface area contributed by atoms with Gasteiger partial charge in [0.2, 0.25) is 0 Å². The van der Waals surface area contributed by atoms with Gasteiger partial charge in [0.25, 0.3) is 0 Å². The number of H-pyrrole nitrogens is 1. The van der Waals surface area contributed by atoms with Crippen molar-refractivity contribution < 1.29 is 9.47 Å². The number of hydrogen-bond acceptors (Lipinski definition) is 4. The minimum absolute atomic E-state index is 0.184. The van der Waals surface area contributed by atoms with Gasteiger partial charge in [0.1, 0.15) is 18.5 Å². The summed E-state index contributed by atoms with van der Waals surface area (Å²) in [6.45, 7) is 2.18. The minimum atomic E-state index is 0.184. The van der Waals surface area contributed by atoms with Gasteiger partial charge < -0.3 is 14.5 Å². The van der Waals surface area contributed by atoms with Crippen LogP contribution in [-0.4, -0.2) is 17.1 Å². The van der Waals surface area contributed by atoms with E-state index in [0.29, 0.717) is 43.5 Å². The SMILES string of the molecule is COc1cc(C=C(C#N)c2nc3ccc(C)cc3[nH]2)cc(Cl)c1OCc1ccc(Cl)cc1Cl. The number of imidazole rings is 1. The molecule has 0 spiro atoms. The van der Waals surface area contributed by atoms with Crippen molar-refractivity contribution in [2.45, 2.75) is 13.5 Å². The maximum absolute atomic E-state index is 9.74. The number of halogens is 3. The molecule has 1 heterocycles. The number of hydrogen-bond donors (Lipinski definition) is 1. The molecule has 0 aliphatic heterocycles. The van der Waals surface area contributed by atoms with Gasteiger partial charge in [-0.05, 0) is 60.5 Å². The van der Waals surface area contributed by atoms with Crippen LogP contribution in [0, 0.1) is 18.3 Å². The van der Waals surface area contributed by atoms with Gasteiger partial charge in [0.05, 0.1) is 28.7 Å². The predicted molar refractivity (Wildman–Crippen MR) is 133 cm³/mol. The summed E-state index contributed by atoms with van der Waals surface area (Å²) in [7, 11) is 1.52. The Morgan fingerprint density at radius 2 is 1.91 bits per heavy atom. The number of allylic oxidation sites excluding steroid dienone is 1. The first-order chi connectivity index (χ1) is 15.9. The van der Waals surface area contributed by atoms with Gasteiger partial charge in [0, 0.05) is 15.6 Å². The quantitative estimate of drug-likeness (QED) is 0.280. The van der Waals surface area contributed by atoms with Crippen LogP contribution >= 0.6 is 34.8 Å². The molecule has 0 aliphatic rings. The fraction of sp³-hybridized carbons (Fsp3) is 0.120. The summed E-state index contributed by atoms with van der Waals surface area (Å²) < 4.78 is 11.4. The zero-order chi connectivity index (χ0) is 23.5. The lowest BCUT2D eigenvalue weighted by Crippen LogP contribution is -1.99. The van der Waals surface area contributed by atoms with Crippen LogP contribution in [0.4, 0.5) is 0 Å². The van der Waals surface area contributed by atoms with Crippen molar-refractivity contribution >= 4 is 57.5 Å². The van der Waals surface area contributed by atoms with E-state index >= 15 is 0 Å². The highest BCUT2D eigenvalue weighted by Crippen LogP contribution is 2.38. The molecule has 0 bridgehead atoms. The first kappa shape index (κ1) is 23.0. The highest BCUT2D eigenvalue weighted by atomic mass is 35.5. The number of aromatic amines is 1. The Bertz CT molecular complexity index is 1420. The van der Waals surface area contributed by atoms with E-state index in [1.807, 2.05) is 25.1 Å². The fourth-order valence-corrected chi connectivity index (χ4v) is 4.06. The third-order valence-corrected chi connectivity index (χ3v) is 5.83. The van der Waals surface area contributed by atoms with Gasteiger partial charge in [-0.25, -0.2) is 4.98 Å². The average molecular weight is 499 g/mol. The van der Waals surface area contributed by atoms with Crippen molar-refractivity contribution in [3.63, 3.8) is 0 Å². The van der Waals surface area contributed by atoms with Gasteiger partial charge in [-0.15, -0.1) is 0 Å². The van der Waals surface area contributed by atoms with E-state index in [1.54, 1.807) is 36.4 Å². The number of fused-ring (bicyclic) bond motifs is 1. The Kier molecular flexibility index (Phi) is 6.80. The molecule has 0 unspecified atom stereocenters. The van der Waals surface area contributed by atoms with Gasteiger partial charge in [0.15, 0.2) is 11.5 Å². The average Bonchev–Trinajstić information content (AvgIpc) is 3.20. The Hall–Kier alpha value is -3.17. The van der Waals surface area contributed by atoms with Gasteiger partial charge in [-0.2, -0.15) is 5.26 Å². The summed E-state index contributed by atoms with van der Waals surface area (Å²) >= 11 is 18.7. The van der Waals surface area contributed by atoms with Crippen molar-refractivity contribution in [1.29, 1.82) is 5.26 Å². The smallest absolute Gasteiger partial charge is 0.180 e. The minimum Gasteiger partial charge on any atom is -0.493 e. The van der Waals surface area contributed by atoms with E-state index in [9.17, 15) is 5.26 Å². The lowest BCUT2D eigenvalue weighted by molar-refractivity contribution is 0.285. The van der Waals surface area contributed by atoms with Gasteiger partial charge in [-0.3, -0.25) is 0 Å². The van der Waals surface area contributed by atoms with E-state index in [1.165, 1.54) is 7.11 Å². The van der Waals surface area contributed by atoms with Crippen LogP contribution in [0.25, 0.3) is 22.7 Å². The lowest BCUT2D eigenvalue weighted by Gasteiger charge is -2.14. The molecule has 33 heavy (non-hydrogen) atoms. The number of nitrogens with one attached hydrogen (secondary N) is 1. The number of rotatable bonds is 6. The second-order valence-corrected chi connectivity index (χ2v) is 8.59. The van der Waals surface area contributed by atoms with Crippen LogP contribution in [0.1, 0.15) is 22.5 Å². The van der Waals surface area contributed by atoms with E-state index < -0.39 is 0 Å². The first-order valence-electron chi connectivity index (χ1n) is 9.90. The number of aryl methyl sites for hydroxylation is 1. The molecule has 0 radical (unpaired) electrons. The fourth-order valence-electron chi connectivity index (χ4n) is 3.32. The van der Waals surface area contributed by atoms with Crippen LogP contribution < -0.4 is 9.47 Å². The Morgan fingerprint density at radius 3 is 2.64 bits per heavy atom. The van der Waals surface area contributed by atoms with E-state index in [4.69, 9.17) is 44.3 Å². The molecule has 0 amide bonds. The molecule has 0 fully saturated rings.